The number of hydrogen-bond acceptors (Lipinski definition) is 5. The van der Waals surface area contributed by atoms with Gasteiger partial charge in [0.25, 0.3) is 5.91 Å². The smallest absolute Gasteiger partial charge is 0.317 e. The molecule has 138 valence electrons. The van der Waals surface area contributed by atoms with Gasteiger partial charge in [0, 0.05) is 25.8 Å². The summed E-state index contributed by atoms with van der Waals surface area (Å²) >= 11 is 0. The molecular weight excluding hydrogens is 326 g/mol. The molecule has 2 aliphatic heterocycles. The van der Waals surface area contributed by atoms with Crippen molar-refractivity contribution in [1.82, 2.24) is 20.0 Å². The Hall–Kier alpha value is -2.13. The maximum absolute atomic E-state index is 12.4. The van der Waals surface area contributed by atoms with Crippen LogP contribution in [0.15, 0.2) is 12.4 Å². The van der Waals surface area contributed by atoms with Crippen LogP contribution in [0, 0.1) is 0 Å². The molecule has 2 fully saturated rings. The van der Waals surface area contributed by atoms with E-state index in [-0.39, 0.29) is 24.6 Å². The van der Waals surface area contributed by atoms with Gasteiger partial charge in [0.1, 0.15) is 12.2 Å². The summed E-state index contributed by atoms with van der Waals surface area (Å²) in [5, 5.41) is 7.03. The van der Waals surface area contributed by atoms with Crippen LogP contribution in [0.2, 0.25) is 0 Å². The van der Waals surface area contributed by atoms with Crippen molar-refractivity contribution in [2.24, 2.45) is 7.05 Å². The lowest BCUT2D eigenvalue weighted by molar-refractivity contribution is -0.145. The summed E-state index contributed by atoms with van der Waals surface area (Å²) in [5.74, 6) is -0.124. The van der Waals surface area contributed by atoms with Gasteiger partial charge in [-0.05, 0) is 13.8 Å². The molecule has 3 heterocycles. The van der Waals surface area contributed by atoms with E-state index in [0.29, 0.717) is 32.8 Å². The van der Waals surface area contributed by atoms with E-state index in [2.05, 4.69) is 10.4 Å². The summed E-state index contributed by atoms with van der Waals surface area (Å²) in [6, 6.07) is -0.0957. The minimum absolute atomic E-state index is 0.0438. The fourth-order valence-electron chi connectivity index (χ4n) is 3.10. The molecule has 25 heavy (non-hydrogen) atoms. The summed E-state index contributed by atoms with van der Waals surface area (Å²) in [6.45, 7) is 5.75. The van der Waals surface area contributed by atoms with Crippen molar-refractivity contribution in [2.45, 2.75) is 25.5 Å². The van der Waals surface area contributed by atoms with Crippen LogP contribution in [0.5, 0.6) is 0 Å². The van der Waals surface area contributed by atoms with Crippen molar-refractivity contribution in [3.05, 3.63) is 12.4 Å². The lowest BCUT2D eigenvalue weighted by Gasteiger charge is -2.42. The summed E-state index contributed by atoms with van der Waals surface area (Å²) in [5.41, 5.74) is -0.0215. The second kappa shape index (κ2) is 7.01. The highest BCUT2D eigenvalue weighted by atomic mass is 16.6. The zero-order chi connectivity index (χ0) is 18.0. The normalized spacial score (nSPS) is 24.7. The average molecular weight is 351 g/mol. The van der Waals surface area contributed by atoms with Crippen molar-refractivity contribution < 1.29 is 19.1 Å². The van der Waals surface area contributed by atoms with Crippen molar-refractivity contribution in [1.29, 1.82) is 0 Å². The van der Waals surface area contributed by atoms with Gasteiger partial charge in [0.15, 0.2) is 0 Å². The Labute approximate surface area is 146 Å². The van der Waals surface area contributed by atoms with E-state index in [1.807, 2.05) is 13.8 Å². The number of aromatic nitrogens is 2. The van der Waals surface area contributed by atoms with Crippen LogP contribution in [0.3, 0.4) is 0 Å². The lowest BCUT2D eigenvalue weighted by atomic mass is 10.0. The number of morpholine rings is 1. The molecule has 2 aliphatic rings. The monoisotopic (exact) mass is 351 g/mol. The number of nitrogens with one attached hydrogen (secondary N) is 1. The zero-order valence-electron chi connectivity index (χ0n) is 14.9. The first-order valence-electron chi connectivity index (χ1n) is 8.45. The molecule has 3 rings (SSSR count). The van der Waals surface area contributed by atoms with Crippen molar-refractivity contribution >= 4 is 17.6 Å². The van der Waals surface area contributed by atoms with Crippen LogP contribution in [0.4, 0.5) is 10.5 Å². The largest absolute Gasteiger partial charge is 0.376 e. The van der Waals surface area contributed by atoms with E-state index in [9.17, 15) is 9.59 Å². The first-order valence-corrected chi connectivity index (χ1v) is 8.45. The number of ether oxygens (including phenoxy) is 2. The summed E-state index contributed by atoms with van der Waals surface area (Å²) in [7, 11) is 1.80. The van der Waals surface area contributed by atoms with Gasteiger partial charge in [-0.25, -0.2) is 4.79 Å². The molecular formula is C16H25N5O4. The lowest BCUT2D eigenvalue weighted by Crippen LogP contribution is -2.62. The quantitative estimate of drug-likeness (QED) is 0.808. The summed E-state index contributed by atoms with van der Waals surface area (Å²) in [6.07, 6.45) is 3.44. The molecule has 0 aliphatic carbocycles. The van der Waals surface area contributed by atoms with Crippen LogP contribution in [0.1, 0.15) is 13.8 Å². The number of hydrogen-bond donors (Lipinski definition) is 1. The molecule has 0 saturated carbocycles. The van der Waals surface area contributed by atoms with Crippen LogP contribution < -0.4 is 10.2 Å². The van der Waals surface area contributed by atoms with Crippen LogP contribution in [-0.4, -0.2) is 77.7 Å². The minimum atomic E-state index is -0.741. The number of rotatable bonds is 2. The Morgan fingerprint density at radius 3 is 2.88 bits per heavy atom. The number of amides is 3. The molecule has 9 heteroatoms. The Morgan fingerprint density at radius 2 is 2.20 bits per heavy atom. The third-order valence-corrected chi connectivity index (χ3v) is 4.30. The predicted octanol–water partition coefficient (Wildman–Crippen LogP) is -0.0277. The third-order valence-electron chi connectivity index (χ3n) is 4.30. The topological polar surface area (TPSA) is 88.9 Å². The fraction of sp³-hybridized carbons (Fsp3) is 0.688. The molecule has 1 spiro atoms. The maximum atomic E-state index is 12.4. The number of nitrogens with zero attached hydrogens (tertiary/aromatic N) is 4. The second-order valence-electron chi connectivity index (χ2n) is 6.90. The molecule has 9 nitrogen and oxygen atoms in total. The van der Waals surface area contributed by atoms with Gasteiger partial charge in [-0.3, -0.25) is 9.48 Å². The van der Waals surface area contributed by atoms with Crippen molar-refractivity contribution in [3.8, 4) is 0 Å². The van der Waals surface area contributed by atoms with Gasteiger partial charge in [-0.15, -0.1) is 0 Å². The van der Waals surface area contributed by atoms with E-state index in [1.165, 1.54) is 0 Å². The Bertz CT molecular complexity index is 646. The van der Waals surface area contributed by atoms with E-state index in [1.54, 1.807) is 33.9 Å². The first-order chi connectivity index (χ1) is 11.9. The molecule has 1 unspecified atom stereocenters. The number of aryl methyl sites for hydroxylation is 1. The van der Waals surface area contributed by atoms with Gasteiger partial charge in [0.2, 0.25) is 0 Å². The van der Waals surface area contributed by atoms with Crippen LogP contribution >= 0.6 is 0 Å². The van der Waals surface area contributed by atoms with Crippen molar-refractivity contribution in [3.63, 3.8) is 0 Å². The molecule has 1 aromatic rings. The van der Waals surface area contributed by atoms with E-state index in [4.69, 9.17) is 9.47 Å². The highest BCUT2D eigenvalue weighted by Crippen LogP contribution is 2.27. The third kappa shape index (κ3) is 3.93. The molecule has 0 aromatic carbocycles. The highest BCUT2D eigenvalue weighted by Gasteiger charge is 2.44. The number of carbonyl (C=O) groups excluding carboxylic acids is 2. The number of urea groups is 1. The van der Waals surface area contributed by atoms with E-state index < -0.39 is 5.60 Å². The molecule has 1 N–H and O–H groups in total. The predicted molar refractivity (Wildman–Crippen MR) is 90.3 cm³/mol. The highest BCUT2D eigenvalue weighted by molar-refractivity contribution is 5.95. The summed E-state index contributed by atoms with van der Waals surface area (Å²) in [4.78, 5) is 28.1. The van der Waals surface area contributed by atoms with E-state index in [0.717, 1.165) is 5.69 Å². The van der Waals surface area contributed by atoms with Crippen LogP contribution in [-0.2, 0) is 21.3 Å². The maximum Gasteiger partial charge on any atom is 0.317 e. The number of anilines is 1. The van der Waals surface area contributed by atoms with Gasteiger partial charge in [0.05, 0.1) is 38.2 Å². The van der Waals surface area contributed by atoms with Gasteiger partial charge >= 0.3 is 6.03 Å². The molecule has 0 radical (unpaired) electrons. The molecule has 0 bridgehead atoms. The fourth-order valence-corrected chi connectivity index (χ4v) is 3.10. The number of carbonyl (C=O) groups is 2. The molecule has 2 saturated heterocycles. The second-order valence-corrected chi connectivity index (χ2v) is 6.90. The summed E-state index contributed by atoms with van der Waals surface area (Å²) < 4.78 is 13.2. The first kappa shape index (κ1) is 17.7. The van der Waals surface area contributed by atoms with Gasteiger partial charge in [-0.1, -0.05) is 0 Å². The molecule has 1 atom stereocenters. The molecule has 1 aromatic heterocycles. The minimum Gasteiger partial charge on any atom is -0.376 e. The SMILES string of the molecule is CC(C)NC(=O)N1CCOCC2(C1)CN(c1cnn(C)c1)C(=O)CO2. The average Bonchev–Trinajstić information content (AvgIpc) is 2.87. The Kier molecular flexibility index (Phi) is 4.96. The van der Waals surface area contributed by atoms with Crippen molar-refractivity contribution in [2.75, 3.05) is 44.4 Å². The Morgan fingerprint density at radius 1 is 1.40 bits per heavy atom. The van der Waals surface area contributed by atoms with Gasteiger partial charge in [-0.2, -0.15) is 5.10 Å². The zero-order valence-corrected chi connectivity index (χ0v) is 14.9. The van der Waals surface area contributed by atoms with E-state index >= 15 is 0 Å². The van der Waals surface area contributed by atoms with Gasteiger partial charge < -0.3 is 24.6 Å². The molecule has 3 amide bonds. The Balaban J connectivity index is 1.78. The standard InChI is InChI=1S/C16H25N5O4/c1-12(2)18-15(23)20-4-5-24-11-16(9-20)10-21(14(22)8-25-16)13-6-17-19(3)7-13/h6-7,12H,4-5,8-11H2,1-3H3,(H,18,23). The van der Waals surface area contributed by atoms with Crippen LogP contribution in [0.25, 0.3) is 0 Å².